The fourth-order valence-electron chi connectivity index (χ4n) is 0.890. The Hall–Kier alpha value is -1.25. The fourth-order valence-corrected chi connectivity index (χ4v) is 1.93. The Labute approximate surface area is 83.8 Å². The molecule has 0 aliphatic heterocycles. The quantitative estimate of drug-likeness (QED) is 0.768. The molecule has 0 radical (unpaired) electrons. The first kappa shape index (κ1) is 9.31. The SMILES string of the molecule is NS(=O)(=O)c1nc(-c2cccs2)n[nH]1. The van der Waals surface area contributed by atoms with Gasteiger partial charge in [0.2, 0.25) is 0 Å². The molecule has 0 saturated heterocycles. The summed E-state index contributed by atoms with van der Waals surface area (Å²) in [6.07, 6.45) is 0. The summed E-state index contributed by atoms with van der Waals surface area (Å²) >= 11 is 1.42. The first-order valence-electron chi connectivity index (χ1n) is 3.56. The topological polar surface area (TPSA) is 102 Å². The second-order valence-corrected chi connectivity index (χ2v) is 4.91. The number of hydrogen-bond acceptors (Lipinski definition) is 5. The van der Waals surface area contributed by atoms with Crippen LogP contribution >= 0.6 is 11.3 Å². The Kier molecular flexibility index (Phi) is 2.10. The number of aromatic nitrogens is 3. The van der Waals surface area contributed by atoms with Crippen LogP contribution in [0.3, 0.4) is 0 Å². The number of hydrogen-bond donors (Lipinski definition) is 2. The Balaban J connectivity index is 2.46. The van der Waals surface area contributed by atoms with E-state index in [0.717, 1.165) is 4.88 Å². The van der Waals surface area contributed by atoms with Crippen molar-refractivity contribution in [2.75, 3.05) is 0 Å². The average Bonchev–Trinajstić information content (AvgIpc) is 2.73. The Morgan fingerprint density at radius 1 is 1.50 bits per heavy atom. The number of nitrogens with one attached hydrogen (secondary N) is 1. The van der Waals surface area contributed by atoms with Gasteiger partial charge in [-0.3, -0.25) is 0 Å². The van der Waals surface area contributed by atoms with Gasteiger partial charge in [-0.15, -0.1) is 11.3 Å². The number of thiophene rings is 1. The number of H-pyrrole nitrogens is 1. The molecule has 2 aromatic heterocycles. The summed E-state index contributed by atoms with van der Waals surface area (Å²) in [5.41, 5.74) is 0. The van der Waals surface area contributed by atoms with Gasteiger partial charge in [-0.1, -0.05) is 6.07 Å². The van der Waals surface area contributed by atoms with E-state index in [4.69, 9.17) is 5.14 Å². The predicted molar refractivity (Wildman–Crippen MR) is 51.1 cm³/mol. The molecule has 0 spiro atoms. The smallest absolute Gasteiger partial charge is 0.248 e. The van der Waals surface area contributed by atoms with Gasteiger partial charge < -0.3 is 0 Å². The Morgan fingerprint density at radius 2 is 2.29 bits per heavy atom. The van der Waals surface area contributed by atoms with Crippen molar-refractivity contribution in [3.8, 4) is 10.7 Å². The maximum absolute atomic E-state index is 10.9. The van der Waals surface area contributed by atoms with Crippen LogP contribution in [0.15, 0.2) is 22.7 Å². The van der Waals surface area contributed by atoms with Crippen molar-refractivity contribution in [2.24, 2.45) is 5.14 Å². The maximum Gasteiger partial charge on any atom is 0.273 e. The van der Waals surface area contributed by atoms with E-state index in [0.29, 0.717) is 5.82 Å². The van der Waals surface area contributed by atoms with Gasteiger partial charge in [0.05, 0.1) is 4.88 Å². The molecule has 14 heavy (non-hydrogen) atoms. The summed E-state index contributed by atoms with van der Waals surface area (Å²) in [5.74, 6) is 0.337. The van der Waals surface area contributed by atoms with Gasteiger partial charge in [0.25, 0.3) is 15.2 Å². The highest BCUT2D eigenvalue weighted by Crippen LogP contribution is 2.20. The number of rotatable bonds is 2. The average molecular weight is 230 g/mol. The van der Waals surface area contributed by atoms with E-state index in [1.54, 1.807) is 6.07 Å². The van der Waals surface area contributed by atoms with E-state index in [9.17, 15) is 8.42 Å². The van der Waals surface area contributed by atoms with E-state index in [-0.39, 0.29) is 5.16 Å². The molecule has 0 aromatic carbocycles. The van der Waals surface area contributed by atoms with Gasteiger partial charge >= 0.3 is 0 Å². The summed E-state index contributed by atoms with van der Waals surface area (Å²) in [4.78, 5) is 4.54. The van der Waals surface area contributed by atoms with Crippen molar-refractivity contribution in [1.29, 1.82) is 0 Å². The van der Waals surface area contributed by atoms with Crippen LogP contribution in [0.2, 0.25) is 0 Å². The minimum Gasteiger partial charge on any atom is -0.248 e. The third kappa shape index (κ3) is 1.67. The van der Waals surface area contributed by atoms with Crippen molar-refractivity contribution in [2.45, 2.75) is 5.16 Å². The van der Waals surface area contributed by atoms with E-state index in [1.807, 2.05) is 11.4 Å². The third-order valence-corrected chi connectivity index (χ3v) is 3.06. The minimum absolute atomic E-state index is 0.319. The van der Waals surface area contributed by atoms with Crippen LogP contribution in [-0.2, 0) is 10.0 Å². The molecular formula is C6H6N4O2S2. The Bertz CT molecular complexity index is 528. The van der Waals surface area contributed by atoms with Gasteiger partial charge in [-0.25, -0.2) is 18.7 Å². The van der Waals surface area contributed by atoms with E-state index in [1.165, 1.54) is 11.3 Å². The lowest BCUT2D eigenvalue weighted by Crippen LogP contribution is -2.13. The highest BCUT2D eigenvalue weighted by Gasteiger charge is 2.14. The molecule has 0 unspecified atom stereocenters. The lowest BCUT2D eigenvalue weighted by molar-refractivity contribution is 0.589. The monoisotopic (exact) mass is 230 g/mol. The highest BCUT2D eigenvalue weighted by atomic mass is 32.2. The van der Waals surface area contributed by atoms with Crippen LogP contribution in [0.5, 0.6) is 0 Å². The number of nitrogens with zero attached hydrogens (tertiary/aromatic N) is 2. The van der Waals surface area contributed by atoms with Crippen LogP contribution in [0.25, 0.3) is 10.7 Å². The number of aromatic amines is 1. The standard InChI is InChI=1S/C6H6N4O2S2/c7-14(11,12)6-8-5(9-10-6)4-2-1-3-13-4/h1-3H,(H2,7,11,12)(H,8,9,10). The van der Waals surface area contributed by atoms with Crippen LogP contribution in [0, 0.1) is 0 Å². The Morgan fingerprint density at radius 3 is 2.79 bits per heavy atom. The van der Waals surface area contributed by atoms with E-state index >= 15 is 0 Å². The molecule has 0 fully saturated rings. The minimum atomic E-state index is -3.80. The van der Waals surface area contributed by atoms with Gasteiger partial charge in [0, 0.05) is 0 Å². The normalized spacial score (nSPS) is 11.8. The second-order valence-electron chi connectivity index (χ2n) is 2.49. The molecule has 3 N–H and O–H groups in total. The number of nitrogens with two attached hydrogens (primary N) is 1. The summed E-state index contributed by atoms with van der Waals surface area (Å²) < 4.78 is 21.7. The van der Waals surface area contributed by atoms with E-state index in [2.05, 4.69) is 15.2 Å². The summed E-state index contributed by atoms with van der Waals surface area (Å²) in [6, 6.07) is 3.62. The second kappa shape index (κ2) is 3.15. The molecule has 0 bridgehead atoms. The van der Waals surface area contributed by atoms with Gasteiger partial charge in [-0.05, 0) is 11.4 Å². The maximum atomic E-state index is 10.9. The lowest BCUT2D eigenvalue weighted by Gasteiger charge is -1.86. The summed E-state index contributed by atoms with van der Waals surface area (Å²) in [6.45, 7) is 0. The van der Waals surface area contributed by atoms with Crippen LogP contribution in [0.1, 0.15) is 0 Å². The van der Waals surface area contributed by atoms with Crippen molar-refractivity contribution in [1.82, 2.24) is 15.2 Å². The fraction of sp³-hybridized carbons (Fsp3) is 0. The van der Waals surface area contributed by atoms with Crippen LogP contribution < -0.4 is 5.14 Å². The van der Waals surface area contributed by atoms with Crippen LogP contribution in [-0.4, -0.2) is 23.6 Å². The summed E-state index contributed by atoms with van der Waals surface area (Å²) in [7, 11) is -3.80. The summed E-state index contributed by atoms with van der Waals surface area (Å²) in [5, 5.41) is 12.4. The molecule has 0 aliphatic carbocycles. The molecule has 2 heterocycles. The van der Waals surface area contributed by atoms with Gasteiger partial charge in [-0.2, -0.15) is 10.1 Å². The third-order valence-electron chi connectivity index (χ3n) is 1.48. The molecule has 2 rings (SSSR count). The first-order valence-corrected chi connectivity index (χ1v) is 5.99. The van der Waals surface area contributed by atoms with Crippen molar-refractivity contribution < 1.29 is 8.42 Å². The zero-order valence-corrected chi connectivity index (χ0v) is 8.47. The van der Waals surface area contributed by atoms with Crippen molar-refractivity contribution >= 4 is 21.4 Å². The molecular weight excluding hydrogens is 224 g/mol. The van der Waals surface area contributed by atoms with Gasteiger partial charge in [0.1, 0.15) is 0 Å². The highest BCUT2D eigenvalue weighted by molar-refractivity contribution is 7.89. The number of primary sulfonamides is 1. The number of sulfonamides is 1. The molecule has 74 valence electrons. The largest absolute Gasteiger partial charge is 0.273 e. The van der Waals surface area contributed by atoms with Crippen molar-refractivity contribution in [3.63, 3.8) is 0 Å². The molecule has 0 saturated carbocycles. The molecule has 6 nitrogen and oxygen atoms in total. The molecule has 2 aromatic rings. The molecule has 8 heteroatoms. The lowest BCUT2D eigenvalue weighted by atomic mass is 10.4. The molecule has 0 aliphatic rings. The predicted octanol–water partition coefficient (Wildman–Crippen LogP) is 0.181. The first-order chi connectivity index (χ1) is 6.57. The van der Waals surface area contributed by atoms with Crippen LogP contribution in [0.4, 0.5) is 0 Å². The zero-order chi connectivity index (χ0) is 10.2. The van der Waals surface area contributed by atoms with Crippen molar-refractivity contribution in [3.05, 3.63) is 17.5 Å². The van der Waals surface area contributed by atoms with E-state index < -0.39 is 10.0 Å². The molecule has 0 atom stereocenters. The zero-order valence-electron chi connectivity index (χ0n) is 6.84. The molecule has 0 amide bonds. The van der Waals surface area contributed by atoms with Gasteiger partial charge in [0.15, 0.2) is 5.82 Å².